The van der Waals surface area contributed by atoms with E-state index in [9.17, 15) is 9.90 Å². The molecule has 1 aromatic carbocycles. The molecule has 0 saturated carbocycles. The molecule has 16 heavy (non-hydrogen) atoms. The Balaban J connectivity index is 2.83. The highest BCUT2D eigenvalue weighted by atomic mass is 16.5. The Morgan fingerprint density at radius 1 is 1.38 bits per heavy atom. The average Bonchev–Trinajstić information content (AvgIpc) is 2.17. The third-order valence-electron chi connectivity index (χ3n) is 2.28. The first-order chi connectivity index (χ1) is 7.45. The molecule has 0 fully saturated rings. The van der Waals surface area contributed by atoms with Crippen molar-refractivity contribution in [1.82, 2.24) is 0 Å². The minimum atomic E-state index is -1.35. The molecule has 0 aliphatic heterocycles. The summed E-state index contributed by atoms with van der Waals surface area (Å²) in [6.07, 6.45) is -0.318. The lowest BCUT2D eigenvalue weighted by Crippen LogP contribution is -2.24. The molecule has 1 rings (SSSR count). The first-order valence-corrected chi connectivity index (χ1v) is 5.13. The Bertz CT molecular complexity index is 354. The fraction of sp³-hybridized carbons (Fsp3) is 0.417. The van der Waals surface area contributed by atoms with Crippen LogP contribution in [0.2, 0.25) is 0 Å². The van der Waals surface area contributed by atoms with E-state index in [1.54, 1.807) is 24.3 Å². The fourth-order valence-corrected chi connectivity index (χ4v) is 1.47. The Hall–Kier alpha value is -1.55. The zero-order valence-corrected chi connectivity index (χ0v) is 9.43. The Labute approximate surface area is 94.5 Å². The highest BCUT2D eigenvalue weighted by molar-refractivity contribution is 5.68. The van der Waals surface area contributed by atoms with Crippen LogP contribution in [-0.4, -0.2) is 22.8 Å². The fourth-order valence-electron chi connectivity index (χ4n) is 1.47. The number of carboxylic acids is 1. The molecular weight excluding hydrogens is 208 g/mol. The van der Waals surface area contributed by atoms with E-state index in [0.29, 0.717) is 17.9 Å². The summed E-state index contributed by atoms with van der Waals surface area (Å²) in [7, 11) is 0. The van der Waals surface area contributed by atoms with Crippen molar-refractivity contribution < 1.29 is 19.7 Å². The third kappa shape index (κ3) is 3.24. The van der Waals surface area contributed by atoms with Crippen molar-refractivity contribution >= 4 is 5.97 Å². The number of aliphatic hydroxyl groups is 1. The van der Waals surface area contributed by atoms with Crippen LogP contribution in [0.4, 0.5) is 0 Å². The zero-order valence-electron chi connectivity index (χ0n) is 9.43. The van der Waals surface area contributed by atoms with Gasteiger partial charge in [-0.25, -0.2) is 0 Å². The first kappa shape index (κ1) is 12.5. The molecule has 0 radical (unpaired) electrons. The topological polar surface area (TPSA) is 66.8 Å². The molecule has 0 amide bonds. The van der Waals surface area contributed by atoms with Gasteiger partial charge in [0.25, 0.3) is 0 Å². The van der Waals surface area contributed by atoms with E-state index < -0.39 is 11.6 Å². The average molecular weight is 224 g/mol. The summed E-state index contributed by atoms with van der Waals surface area (Å²) in [5.74, 6) is -0.323. The molecule has 1 atom stereocenters. The normalized spacial score (nSPS) is 14.2. The van der Waals surface area contributed by atoms with Gasteiger partial charge in [0.1, 0.15) is 5.75 Å². The van der Waals surface area contributed by atoms with Crippen LogP contribution in [0.5, 0.6) is 5.75 Å². The number of aliphatic carboxylic acids is 1. The van der Waals surface area contributed by atoms with Gasteiger partial charge < -0.3 is 14.9 Å². The Kier molecular flexibility index (Phi) is 3.90. The molecule has 1 aromatic rings. The molecule has 0 saturated heterocycles. The number of hydrogen-bond acceptors (Lipinski definition) is 3. The van der Waals surface area contributed by atoms with E-state index in [1.165, 1.54) is 6.92 Å². The summed E-state index contributed by atoms with van der Waals surface area (Å²) in [5.41, 5.74) is -0.783. The van der Waals surface area contributed by atoms with Gasteiger partial charge in [-0.3, -0.25) is 4.79 Å². The van der Waals surface area contributed by atoms with Crippen LogP contribution in [0.15, 0.2) is 24.3 Å². The van der Waals surface area contributed by atoms with Crippen molar-refractivity contribution in [2.75, 3.05) is 6.61 Å². The maximum absolute atomic E-state index is 10.6. The summed E-state index contributed by atoms with van der Waals surface area (Å²) in [4.78, 5) is 10.6. The van der Waals surface area contributed by atoms with Crippen molar-refractivity contribution in [2.24, 2.45) is 0 Å². The second-order valence-corrected chi connectivity index (χ2v) is 3.80. The summed E-state index contributed by atoms with van der Waals surface area (Å²) < 4.78 is 5.26. The van der Waals surface area contributed by atoms with Crippen LogP contribution in [0, 0.1) is 0 Å². The number of hydrogen-bond donors (Lipinski definition) is 2. The van der Waals surface area contributed by atoms with Crippen LogP contribution in [0.25, 0.3) is 0 Å². The highest BCUT2D eigenvalue weighted by Crippen LogP contribution is 2.26. The standard InChI is InChI=1S/C12H16O4/c1-3-16-10-6-4-9(5-7-10)12(2,15)8-11(13)14/h4-7,15H,3,8H2,1-2H3,(H,13,14). The molecule has 0 heterocycles. The maximum atomic E-state index is 10.6. The van der Waals surface area contributed by atoms with E-state index in [0.717, 1.165) is 0 Å². The molecule has 1 unspecified atom stereocenters. The largest absolute Gasteiger partial charge is 0.494 e. The predicted octanol–water partition coefficient (Wildman–Crippen LogP) is 1.77. The minimum Gasteiger partial charge on any atom is -0.494 e. The van der Waals surface area contributed by atoms with Crippen LogP contribution >= 0.6 is 0 Å². The van der Waals surface area contributed by atoms with E-state index in [4.69, 9.17) is 9.84 Å². The molecule has 88 valence electrons. The van der Waals surface area contributed by atoms with E-state index >= 15 is 0 Å². The third-order valence-corrected chi connectivity index (χ3v) is 2.28. The maximum Gasteiger partial charge on any atom is 0.306 e. The van der Waals surface area contributed by atoms with Gasteiger partial charge in [0.15, 0.2) is 0 Å². The van der Waals surface area contributed by atoms with Gasteiger partial charge in [-0.15, -0.1) is 0 Å². The summed E-state index contributed by atoms with van der Waals surface area (Å²) >= 11 is 0. The van der Waals surface area contributed by atoms with E-state index in [1.807, 2.05) is 6.92 Å². The van der Waals surface area contributed by atoms with Gasteiger partial charge in [0, 0.05) is 0 Å². The monoisotopic (exact) mass is 224 g/mol. The number of ether oxygens (including phenoxy) is 1. The van der Waals surface area contributed by atoms with Gasteiger partial charge >= 0.3 is 5.97 Å². The van der Waals surface area contributed by atoms with Crippen molar-refractivity contribution in [2.45, 2.75) is 25.9 Å². The van der Waals surface area contributed by atoms with Gasteiger partial charge in [-0.05, 0) is 31.5 Å². The second-order valence-electron chi connectivity index (χ2n) is 3.80. The number of carbonyl (C=O) groups is 1. The van der Waals surface area contributed by atoms with Crippen LogP contribution in [0.1, 0.15) is 25.8 Å². The van der Waals surface area contributed by atoms with Crippen molar-refractivity contribution in [3.05, 3.63) is 29.8 Å². The van der Waals surface area contributed by atoms with E-state index in [2.05, 4.69) is 0 Å². The lowest BCUT2D eigenvalue weighted by atomic mass is 9.93. The molecular formula is C12H16O4. The minimum absolute atomic E-state index is 0.318. The van der Waals surface area contributed by atoms with Gasteiger partial charge in [-0.1, -0.05) is 12.1 Å². The first-order valence-electron chi connectivity index (χ1n) is 5.13. The molecule has 0 bridgehead atoms. The van der Waals surface area contributed by atoms with Crippen LogP contribution in [0.3, 0.4) is 0 Å². The molecule has 4 heteroatoms. The Morgan fingerprint density at radius 3 is 2.38 bits per heavy atom. The molecule has 4 nitrogen and oxygen atoms in total. The van der Waals surface area contributed by atoms with Crippen molar-refractivity contribution in [1.29, 1.82) is 0 Å². The van der Waals surface area contributed by atoms with Crippen LogP contribution in [-0.2, 0) is 10.4 Å². The van der Waals surface area contributed by atoms with Crippen molar-refractivity contribution in [3.63, 3.8) is 0 Å². The van der Waals surface area contributed by atoms with Gasteiger partial charge in [0.2, 0.25) is 0 Å². The molecule has 2 N–H and O–H groups in total. The highest BCUT2D eigenvalue weighted by Gasteiger charge is 2.26. The van der Waals surface area contributed by atoms with E-state index in [-0.39, 0.29) is 6.42 Å². The predicted molar refractivity (Wildman–Crippen MR) is 59.4 cm³/mol. The van der Waals surface area contributed by atoms with Crippen molar-refractivity contribution in [3.8, 4) is 5.75 Å². The smallest absolute Gasteiger partial charge is 0.306 e. The Morgan fingerprint density at radius 2 is 1.94 bits per heavy atom. The summed E-state index contributed by atoms with van der Waals surface area (Å²) in [6.45, 7) is 3.94. The second kappa shape index (κ2) is 4.99. The zero-order chi connectivity index (χ0) is 12.2. The SMILES string of the molecule is CCOc1ccc(C(C)(O)CC(=O)O)cc1. The van der Waals surface area contributed by atoms with Gasteiger partial charge in [-0.2, -0.15) is 0 Å². The lowest BCUT2D eigenvalue weighted by molar-refractivity contribution is -0.142. The molecule has 0 aliphatic carbocycles. The summed E-state index contributed by atoms with van der Waals surface area (Å²) in [6, 6.07) is 6.78. The number of benzene rings is 1. The number of rotatable bonds is 5. The van der Waals surface area contributed by atoms with Crippen LogP contribution < -0.4 is 4.74 Å². The number of carboxylic acid groups (broad SMARTS) is 1. The van der Waals surface area contributed by atoms with Gasteiger partial charge in [0.05, 0.1) is 18.6 Å². The lowest BCUT2D eigenvalue weighted by Gasteiger charge is -2.21. The molecule has 0 spiro atoms. The quantitative estimate of drug-likeness (QED) is 0.799. The molecule has 0 aromatic heterocycles. The molecule has 0 aliphatic rings. The summed E-state index contributed by atoms with van der Waals surface area (Å²) in [5, 5.41) is 18.6.